The van der Waals surface area contributed by atoms with Crippen molar-refractivity contribution in [2.24, 2.45) is 5.73 Å². The number of rotatable bonds is 6. The third-order valence-electron chi connectivity index (χ3n) is 2.77. The quantitative estimate of drug-likeness (QED) is 0.581. The first-order chi connectivity index (χ1) is 10.2. The fourth-order valence-corrected chi connectivity index (χ4v) is 1.77. The number of hydrogen-bond acceptors (Lipinski definition) is 9. The van der Waals surface area contributed by atoms with Gasteiger partial charge >= 0.3 is 6.09 Å². The van der Waals surface area contributed by atoms with Crippen molar-refractivity contribution >= 4 is 23.9 Å². The summed E-state index contributed by atoms with van der Waals surface area (Å²) in [7, 11) is 1.73. The molecule has 116 valence electrons. The third-order valence-corrected chi connectivity index (χ3v) is 2.77. The van der Waals surface area contributed by atoms with E-state index in [0.29, 0.717) is 37.6 Å². The number of carbonyl (C=O) groups is 1. The zero-order valence-corrected chi connectivity index (χ0v) is 11.8. The maximum Gasteiger partial charge on any atom is 0.404 e. The number of anilines is 3. The van der Waals surface area contributed by atoms with Crippen LogP contribution in [0.1, 0.15) is 0 Å². The van der Waals surface area contributed by atoms with Crippen molar-refractivity contribution < 1.29 is 14.3 Å². The third kappa shape index (κ3) is 4.60. The lowest BCUT2D eigenvalue weighted by Gasteiger charge is -2.27. The molecule has 1 amide bonds. The molecule has 10 nitrogen and oxygen atoms in total. The Morgan fingerprint density at radius 1 is 1.33 bits per heavy atom. The molecule has 0 bridgehead atoms. The number of amides is 1. The highest BCUT2D eigenvalue weighted by molar-refractivity contribution is 5.64. The van der Waals surface area contributed by atoms with Crippen LogP contribution in [0.15, 0.2) is 0 Å². The molecule has 1 saturated heterocycles. The summed E-state index contributed by atoms with van der Waals surface area (Å²) in [5, 5.41) is 5.85. The monoisotopic (exact) mass is 297 g/mol. The number of morpholine rings is 1. The first kappa shape index (κ1) is 15.0. The van der Waals surface area contributed by atoms with Crippen LogP contribution >= 0.6 is 0 Å². The topological polar surface area (TPSA) is 128 Å². The molecule has 21 heavy (non-hydrogen) atoms. The van der Waals surface area contributed by atoms with Gasteiger partial charge in [-0.3, -0.25) is 0 Å². The van der Waals surface area contributed by atoms with Crippen LogP contribution in [0.2, 0.25) is 0 Å². The number of nitrogens with zero attached hydrogens (tertiary/aromatic N) is 4. The molecule has 0 aliphatic carbocycles. The first-order valence-electron chi connectivity index (χ1n) is 6.61. The summed E-state index contributed by atoms with van der Waals surface area (Å²) in [6, 6.07) is 0. The van der Waals surface area contributed by atoms with Crippen molar-refractivity contribution in [3.8, 4) is 0 Å². The number of hydrogen-bond donors (Lipinski definition) is 3. The van der Waals surface area contributed by atoms with Crippen LogP contribution in [0.4, 0.5) is 22.6 Å². The second-order valence-electron chi connectivity index (χ2n) is 4.23. The van der Waals surface area contributed by atoms with Gasteiger partial charge in [0.2, 0.25) is 17.8 Å². The van der Waals surface area contributed by atoms with E-state index in [1.54, 1.807) is 7.05 Å². The van der Waals surface area contributed by atoms with E-state index in [-0.39, 0.29) is 6.61 Å². The predicted octanol–water partition coefficient (Wildman–Crippen LogP) is -0.743. The van der Waals surface area contributed by atoms with Gasteiger partial charge in [-0.2, -0.15) is 15.0 Å². The average Bonchev–Trinajstić information content (AvgIpc) is 2.52. The first-order valence-corrected chi connectivity index (χ1v) is 6.61. The van der Waals surface area contributed by atoms with Crippen molar-refractivity contribution in [2.45, 2.75) is 0 Å². The Bertz CT molecular complexity index is 479. The molecule has 1 aliphatic rings. The van der Waals surface area contributed by atoms with E-state index in [2.05, 4.69) is 30.3 Å². The number of ether oxygens (including phenoxy) is 2. The molecule has 0 unspecified atom stereocenters. The highest BCUT2D eigenvalue weighted by Gasteiger charge is 2.16. The number of nitrogens with two attached hydrogens (primary N) is 1. The van der Waals surface area contributed by atoms with E-state index < -0.39 is 6.09 Å². The molecule has 1 fully saturated rings. The number of primary amides is 1. The lowest BCUT2D eigenvalue weighted by Crippen LogP contribution is -2.37. The van der Waals surface area contributed by atoms with Crippen LogP contribution in [0.3, 0.4) is 0 Å². The number of aromatic nitrogens is 3. The molecular weight excluding hydrogens is 278 g/mol. The Morgan fingerprint density at radius 2 is 2.05 bits per heavy atom. The van der Waals surface area contributed by atoms with E-state index in [1.165, 1.54) is 0 Å². The Balaban J connectivity index is 2.00. The normalized spacial score (nSPS) is 14.6. The zero-order chi connectivity index (χ0) is 15.1. The van der Waals surface area contributed by atoms with E-state index in [0.717, 1.165) is 13.1 Å². The summed E-state index contributed by atoms with van der Waals surface area (Å²) < 4.78 is 9.93. The van der Waals surface area contributed by atoms with Crippen LogP contribution in [0, 0.1) is 0 Å². The molecule has 0 radical (unpaired) electrons. The maximum absolute atomic E-state index is 10.5. The standard InChI is InChI=1S/C11H19N7O3/c1-13-9-15-10(14-2-5-21-8(12)19)17-11(16-9)18-3-6-20-7-4-18/h2-7H2,1H3,(H2,12,19)(H2,13,14,15,16,17). The fraction of sp³-hybridized carbons (Fsp3) is 0.636. The number of carbonyl (C=O) groups excluding carboxylic acids is 1. The van der Waals surface area contributed by atoms with E-state index in [1.807, 2.05) is 4.90 Å². The predicted molar refractivity (Wildman–Crippen MR) is 76.4 cm³/mol. The summed E-state index contributed by atoms with van der Waals surface area (Å²) >= 11 is 0. The van der Waals surface area contributed by atoms with Gasteiger partial charge in [-0.05, 0) is 0 Å². The molecule has 10 heteroatoms. The molecule has 1 aromatic rings. The van der Waals surface area contributed by atoms with Gasteiger partial charge in [0, 0.05) is 20.1 Å². The lowest BCUT2D eigenvalue weighted by molar-refractivity contribution is 0.122. The molecule has 1 aromatic heterocycles. The maximum atomic E-state index is 10.5. The molecule has 1 aliphatic heterocycles. The van der Waals surface area contributed by atoms with Gasteiger partial charge in [0.15, 0.2) is 0 Å². The summed E-state index contributed by atoms with van der Waals surface area (Å²) in [4.78, 5) is 25.4. The minimum Gasteiger partial charge on any atom is -0.448 e. The largest absolute Gasteiger partial charge is 0.448 e. The van der Waals surface area contributed by atoms with Crippen molar-refractivity contribution in [2.75, 3.05) is 62.0 Å². The Labute approximate surface area is 122 Å². The Hall–Kier alpha value is -2.36. The van der Waals surface area contributed by atoms with Gasteiger partial charge < -0.3 is 30.7 Å². The molecule has 4 N–H and O–H groups in total. The van der Waals surface area contributed by atoms with Crippen LogP contribution in [0.25, 0.3) is 0 Å². The van der Waals surface area contributed by atoms with Gasteiger partial charge in [0.05, 0.1) is 19.8 Å². The summed E-state index contributed by atoms with van der Waals surface area (Å²) in [5.74, 6) is 1.45. The smallest absolute Gasteiger partial charge is 0.404 e. The molecule has 0 aromatic carbocycles. The number of nitrogens with one attached hydrogen (secondary N) is 2. The minimum absolute atomic E-state index is 0.142. The zero-order valence-electron chi connectivity index (χ0n) is 11.8. The highest BCUT2D eigenvalue weighted by atomic mass is 16.5. The van der Waals surface area contributed by atoms with Crippen molar-refractivity contribution in [1.29, 1.82) is 0 Å². The van der Waals surface area contributed by atoms with E-state index in [4.69, 9.17) is 10.5 Å². The highest BCUT2D eigenvalue weighted by Crippen LogP contribution is 2.14. The molecule has 0 saturated carbocycles. The Morgan fingerprint density at radius 3 is 2.71 bits per heavy atom. The molecular formula is C11H19N7O3. The van der Waals surface area contributed by atoms with Gasteiger partial charge in [0.25, 0.3) is 0 Å². The van der Waals surface area contributed by atoms with Crippen molar-refractivity contribution in [1.82, 2.24) is 15.0 Å². The molecule has 2 rings (SSSR count). The summed E-state index contributed by atoms with van der Waals surface area (Å²) in [6.07, 6.45) is -0.808. The van der Waals surface area contributed by atoms with Crippen LogP contribution in [0.5, 0.6) is 0 Å². The fourth-order valence-electron chi connectivity index (χ4n) is 1.77. The Kier molecular flexibility index (Phi) is 5.32. The van der Waals surface area contributed by atoms with E-state index in [9.17, 15) is 4.79 Å². The molecule has 0 spiro atoms. The van der Waals surface area contributed by atoms with Crippen molar-refractivity contribution in [3.63, 3.8) is 0 Å². The summed E-state index contributed by atoms with van der Waals surface area (Å²) in [6.45, 7) is 3.27. The van der Waals surface area contributed by atoms with Gasteiger partial charge in [0.1, 0.15) is 6.61 Å². The SMILES string of the molecule is CNc1nc(NCCOC(N)=O)nc(N2CCOCC2)n1. The van der Waals surface area contributed by atoms with Crippen LogP contribution in [-0.4, -0.2) is 67.5 Å². The summed E-state index contributed by atoms with van der Waals surface area (Å²) in [5.41, 5.74) is 4.88. The van der Waals surface area contributed by atoms with Crippen LogP contribution in [-0.2, 0) is 9.47 Å². The van der Waals surface area contributed by atoms with Crippen molar-refractivity contribution in [3.05, 3.63) is 0 Å². The second-order valence-corrected chi connectivity index (χ2v) is 4.23. The lowest BCUT2D eigenvalue weighted by atomic mass is 10.4. The van der Waals surface area contributed by atoms with Gasteiger partial charge in [-0.1, -0.05) is 0 Å². The average molecular weight is 297 g/mol. The second kappa shape index (κ2) is 7.43. The minimum atomic E-state index is -0.808. The molecule has 2 heterocycles. The van der Waals surface area contributed by atoms with Gasteiger partial charge in [-0.25, -0.2) is 4.79 Å². The van der Waals surface area contributed by atoms with Crippen LogP contribution < -0.4 is 21.3 Å². The van der Waals surface area contributed by atoms with E-state index >= 15 is 0 Å². The van der Waals surface area contributed by atoms with Gasteiger partial charge in [-0.15, -0.1) is 0 Å². The molecule has 0 atom stereocenters.